The van der Waals surface area contributed by atoms with Gasteiger partial charge in [-0.05, 0) is 55.8 Å². The summed E-state index contributed by atoms with van der Waals surface area (Å²) in [6.45, 7) is 7.41. The van der Waals surface area contributed by atoms with Crippen LogP contribution in [0, 0.1) is 5.92 Å². The van der Waals surface area contributed by atoms with E-state index in [0.29, 0.717) is 0 Å². The SMILES string of the molecule is CCC1CCC(CN)(N(CC)Cc2ccncc2)CC1. The molecule has 0 saturated heterocycles. The Balaban J connectivity index is 2.08. The normalized spacial score (nSPS) is 26.9. The highest BCUT2D eigenvalue weighted by Crippen LogP contribution is 2.37. The monoisotopic (exact) mass is 275 g/mol. The molecule has 0 aromatic carbocycles. The third-order valence-electron chi connectivity index (χ3n) is 5.17. The molecule has 2 rings (SSSR count). The molecule has 1 fully saturated rings. The van der Waals surface area contributed by atoms with Crippen molar-refractivity contribution in [2.24, 2.45) is 11.7 Å². The molecule has 20 heavy (non-hydrogen) atoms. The number of hydrogen-bond acceptors (Lipinski definition) is 3. The number of hydrogen-bond donors (Lipinski definition) is 1. The van der Waals surface area contributed by atoms with E-state index in [0.717, 1.165) is 25.6 Å². The zero-order valence-electron chi connectivity index (χ0n) is 13.0. The minimum Gasteiger partial charge on any atom is -0.329 e. The first-order valence-electron chi connectivity index (χ1n) is 8.08. The van der Waals surface area contributed by atoms with Gasteiger partial charge in [0.15, 0.2) is 0 Å². The number of rotatable bonds is 6. The summed E-state index contributed by atoms with van der Waals surface area (Å²) in [6.07, 6.45) is 10.2. The number of pyridine rings is 1. The Hall–Kier alpha value is -0.930. The molecule has 0 bridgehead atoms. The lowest BCUT2D eigenvalue weighted by molar-refractivity contribution is 0.0392. The van der Waals surface area contributed by atoms with E-state index in [1.807, 2.05) is 12.4 Å². The van der Waals surface area contributed by atoms with Crippen molar-refractivity contribution in [2.45, 2.75) is 58.0 Å². The first kappa shape index (κ1) is 15.5. The number of nitrogens with zero attached hydrogens (tertiary/aromatic N) is 2. The fourth-order valence-electron chi connectivity index (χ4n) is 3.60. The minimum absolute atomic E-state index is 0.212. The smallest absolute Gasteiger partial charge is 0.0335 e. The quantitative estimate of drug-likeness (QED) is 0.867. The van der Waals surface area contributed by atoms with Gasteiger partial charge in [0.25, 0.3) is 0 Å². The first-order chi connectivity index (χ1) is 9.74. The van der Waals surface area contributed by atoms with Gasteiger partial charge in [0, 0.05) is 31.0 Å². The Labute approximate surface area is 123 Å². The van der Waals surface area contributed by atoms with Crippen LogP contribution in [0.3, 0.4) is 0 Å². The van der Waals surface area contributed by atoms with E-state index in [1.165, 1.54) is 37.7 Å². The van der Waals surface area contributed by atoms with Gasteiger partial charge in [-0.15, -0.1) is 0 Å². The lowest BCUT2D eigenvalue weighted by atomic mass is 9.74. The third kappa shape index (κ3) is 3.39. The standard InChI is InChI=1S/C17H29N3/c1-3-15-5-9-17(14-18,10-6-15)20(4-2)13-16-7-11-19-12-8-16/h7-8,11-12,15H,3-6,9-10,13-14,18H2,1-2H3. The molecule has 1 aliphatic carbocycles. The fraction of sp³-hybridized carbons (Fsp3) is 0.706. The van der Waals surface area contributed by atoms with Crippen molar-refractivity contribution in [2.75, 3.05) is 13.1 Å². The predicted octanol–water partition coefficient (Wildman–Crippen LogP) is 3.20. The number of nitrogens with two attached hydrogens (primary N) is 1. The zero-order chi connectivity index (χ0) is 14.4. The molecule has 0 amide bonds. The Morgan fingerprint density at radius 2 is 1.90 bits per heavy atom. The average Bonchev–Trinajstić information content (AvgIpc) is 2.53. The molecule has 3 nitrogen and oxygen atoms in total. The maximum absolute atomic E-state index is 6.20. The van der Waals surface area contributed by atoms with Gasteiger partial charge >= 0.3 is 0 Å². The number of aromatic nitrogens is 1. The van der Waals surface area contributed by atoms with Crippen molar-refractivity contribution in [3.63, 3.8) is 0 Å². The molecule has 0 aliphatic heterocycles. The summed E-state index contributed by atoms with van der Waals surface area (Å²) in [4.78, 5) is 6.70. The number of likely N-dealkylation sites (N-methyl/N-ethyl adjacent to an activating group) is 1. The summed E-state index contributed by atoms with van der Waals surface area (Å²) in [5.74, 6) is 0.911. The topological polar surface area (TPSA) is 42.1 Å². The highest BCUT2D eigenvalue weighted by molar-refractivity contribution is 5.11. The lowest BCUT2D eigenvalue weighted by Gasteiger charge is -2.47. The maximum Gasteiger partial charge on any atom is 0.0335 e. The van der Waals surface area contributed by atoms with Crippen LogP contribution in [0.1, 0.15) is 51.5 Å². The second-order valence-corrected chi connectivity index (χ2v) is 6.15. The van der Waals surface area contributed by atoms with Crippen molar-refractivity contribution in [1.82, 2.24) is 9.88 Å². The van der Waals surface area contributed by atoms with Crippen molar-refractivity contribution in [1.29, 1.82) is 0 Å². The van der Waals surface area contributed by atoms with Gasteiger partial charge in [-0.2, -0.15) is 0 Å². The first-order valence-corrected chi connectivity index (χ1v) is 8.08. The van der Waals surface area contributed by atoms with E-state index < -0.39 is 0 Å². The molecule has 1 heterocycles. The molecule has 1 aromatic heterocycles. The van der Waals surface area contributed by atoms with E-state index in [1.54, 1.807) is 0 Å². The molecule has 112 valence electrons. The van der Waals surface area contributed by atoms with Crippen LogP contribution in [-0.4, -0.2) is 28.5 Å². The second-order valence-electron chi connectivity index (χ2n) is 6.15. The van der Waals surface area contributed by atoms with E-state index >= 15 is 0 Å². The van der Waals surface area contributed by atoms with E-state index in [9.17, 15) is 0 Å². The Bertz CT molecular complexity index is 382. The second kappa shape index (κ2) is 7.19. The highest BCUT2D eigenvalue weighted by Gasteiger charge is 2.38. The van der Waals surface area contributed by atoms with Crippen LogP contribution in [0.5, 0.6) is 0 Å². The van der Waals surface area contributed by atoms with Crippen molar-refractivity contribution in [3.8, 4) is 0 Å². The van der Waals surface area contributed by atoms with Crippen molar-refractivity contribution in [3.05, 3.63) is 30.1 Å². The Morgan fingerprint density at radius 1 is 1.25 bits per heavy atom. The summed E-state index contributed by atoms with van der Waals surface area (Å²) in [7, 11) is 0. The van der Waals surface area contributed by atoms with Crippen LogP contribution in [0.15, 0.2) is 24.5 Å². The molecule has 1 saturated carbocycles. The van der Waals surface area contributed by atoms with Crippen molar-refractivity contribution >= 4 is 0 Å². The van der Waals surface area contributed by atoms with Crippen molar-refractivity contribution < 1.29 is 0 Å². The van der Waals surface area contributed by atoms with Crippen LogP contribution in [0.25, 0.3) is 0 Å². The lowest BCUT2D eigenvalue weighted by Crippen LogP contribution is -2.55. The minimum atomic E-state index is 0.212. The molecular formula is C17H29N3. The molecule has 1 aromatic rings. The highest BCUT2D eigenvalue weighted by atomic mass is 15.2. The third-order valence-corrected chi connectivity index (χ3v) is 5.17. The predicted molar refractivity (Wildman–Crippen MR) is 84.4 cm³/mol. The van der Waals surface area contributed by atoms with Gasteiger partial charge < -0.3 is 5.73 Å². The summed E-state index contributed by atoms with van der Waals surface area (Å²) in [5.41, 5.74) is 7.75. The molecule has 0 radical (unpaired) electrons. The van der Waals surface area contributed by atoms with Crippen LogP contribution in [0.2, 0.25) is 0 Å². The Kier molecular flexibility index (Phi) is 5.55. The molecular weight excluding hydrogens is 246 g/mol. The van der Waals surface area contributed by atoms with Gasteiger partial charge in [0.1, 0.15) is 0 Å². The largest absolute Gasteiger partial charge is 0.329 e. The maximum atomic E-state index is 6.20. The van der Waals surface area contributed by atoms with Gasteiger partial charge in [-0.3, -0.25) is 9.88 Å². The van der Waals surface area contributed by atoms with E-state index in [2.05, 4.69) is 35.9 Å². The van der Waals surface area contributed by atoms with Crippen LogP contribution in [-0.2, 0) is 6.54 Å². The molecule has 0 unspecified atom stereocenters. The molecule has 0 spiro atoms. The van der Waals surface area contributed by atoms with Crippen LogP contribution < -0.4 is 5.73 Å². The van der Waals surface area contributed by atoms with Crippen LogP contribution >= 0.6 is 0 Å². The summed E-state index contributed by atoms with van der Waals surface area (Å²) in [5, 5.41) is 0. The van der Waals surface area contributed by atoms with E-state index in [4.69, 9.17) is 5.73 Å². The molecule has 2 N–H and O–H groups in total. The van der Waals surface area contributed by atoms with Gasteiger partial charge in [0.2, 0.25) is 0 Å². The molecule has 1 aliphatic rings. The average molecular weight is 275 g/mol. The molecule has 0 atom stereocenters. The van der Waals surface area contributed by atoms with E-state index in [-0.39, 0.29) is 5.54 Å². The Morgan fingerprint density at radius 3 is 2.40 bits per heavy atom. The van der Waals surface area contributed by atoms with Gasteiger partial charge in [-0.25, -0.2) is 0 Å². The van der Waals surface area contributed by atoms with Gasteiger partial charge in [-0.1, -0.05) is 20.3 Å². The fourth-order valence-corrected chi connectivity index (χ4v) is 3.60. The summed E-state index contributed by atoms with van der Waals surface area (Å²) >= 11 is 0. The summed E-state index contributed by atoms with van der Waals surface area (Å²) in [6, 6.07) is 4.23. The van der Waals surface area contributed by atoms with Gasteiger partial charge in [0.05, 0.1) is 0 Å². The zero-order valence-corrected chi connectivity index (χ0v) is 13.0. The van der Waals surface area contributed by atoms with Crippen LogP contribution in [0.4, 0.5) is 0 Å². The molecule has 3 heteroatoms. The summed E-state index contributed by atoms with van der Waals surface area (Å²) < 4.78 is 0.